The molecule has 1 aliphatic heterocycles. The molecule has 130 valence electrons. The molecule has 2 rings (SSSR count). The van der Waals surface area contributed by atoms with E-state index < -0.39 is 47.2 Å². The van der Waals surface area contributed by atoms with E-state index in [-0.39, 0.29) is 12.8 Å². The first kappa shape index (κ1) is 18.1. The molecule has 1 aromatic rings. The molecule has 0 radical (unpaired) electrons. The van der Waals surface area contributed by atoms with Crippen LogP contribution in [-0.2, 0) is 11.0 Å². The van der Waals surface area contributed by atoms with Crippen LogP contribution in [0.25, 0.3) is 0 Å². The summed E-state index contributed by atoms with van der Waals surface area (Å²) in [5, 5.41) is 18.1. The van der Waals surface area contributed by atoms with E-state index in [0.29, 0.717) is 11.0 Å². The normalized spacial score (nSPS) is 20.2. The van der Waals surface area contributed by atoms with Crippen LogP contribution >= 0.6 is 0 Å². The van der Waals surface area contributed by atoms with Gasteiger partial charge in [-0.3, -0.25) is 4.79 Å². The number of rotatable bonds is 2. The van der Waals surface area contributed by atoms with Crippen molar-refractivity contribution in [3.63, 3.8) is 0 Å². The maximum absolute atomic E-state index is 13.0. The molecule has 0 aliphatic carbocycles. The van der Waals surface area contributed by atoms with E-state index in [0.717, 1.165) is 12.1 Å². The first-order chi connectivity index (χ1) is 11.0. The second-order valence-electron chi connectivity index (χ2n) is 5.20. The lowest BCUT2D eigenvalue weighted by molar-refractivity contribution is -0.209. The van der Waals surface area contributed by atoms with Crippen molar-refractivity contribution in [3.05, 3.63) is 29.3 Å². The van der Waals surface area contributed by atoms with Gasteiger partial charge in [0.1, 0.15) is 0 Å². The molecule has 1 aromatic carbocycles. The first-order valence-corrected chi connectivity index (χ1v) is 6.65. The third-order valence-corrected chi connectivity index (χ3v) is 3.66. The zero-order valence-corrected chi connectivity index (χ0v) is 11.8. The molecule has 0 spiro atoms. The van der Waals surface area contributed by atoms with Gasteiger partial charge in [-0.15, -0.1) is 0 Å². The number of alkyl halides is 6. The molecular weight excluding hydrogens is 342 g/mol. The number of carbonyl (C=O) groups is 1. The van der Waals surface area contributed by atoms with E-state index in [4.69, 9.17) is 5.26 Å². The molecule has 10 heteroatoms. The number of halogens is 6. The molecule has 1 amide bonds. The summed E-state index contributed by atoms with van der Waals surface area (Å²) >= 11 is 0. The average molecular weight is 352 g/mol. The van der Waals surface area contributed by atoms with Crippen molar-refractivity contribution in [3.8, 4) is 6.07 Å². The van der Waals surface area contributed by atoms with Gasteiger partial charge in [-0.25, -0.2) is 0 Å². The van der Waals surface area contributed by atoms with Crippen LogP contribution in [0.1, 0.15) is 24.0 Å². The predicted molar refractivity (Wildman–Crippen MR) is 68.7 cm³/mol. The highest BCUT2D eigenvalue weighted by atomic mass is 19.4. The number of amides is 1. The summed E-state index contributed by atoms with van der Waals surface area (Å²) in [4.78, 5) is 12.3. The highest BCUT2D eigenvalue weighted by molar-refractivity contribution is 5.96. The van der Waals surface area contributed by atoms with Crippen molar-refractivity contribution in [1.29, 1.82) is 5.26 Å². The van der Waals surface area contributed by atoms with Crippen molar-refractivity contribution in [2.24, 2.45) is 0 Å². The molecule has 0 unspecified atom stereocenters. The van der Waals surface area contributed by atoms with Gasteiger partial charge in [0.15, 0.2) is 6.10 Å². The van der Waals surface area contributed by atoms with Gasteiger partial charge in [0.25, 0.3) is 0 Å². The van der Waals surface area contributed by atoms with E-state index in [1.807, 2.05) is 0 Å². The van der Waals surface area contributed by atoms with Crippen LogP contribution in [0.5, 0.6) is 0 Å². The number of hydrogen-bond acceptors (Lipinski definition) is 3. The maximum atomic E-state index is 13.0. The summed E-state index contributed by atoms with van der Waals surface area (Å²) in [5.41, 5.74) is -2.52. The Labute approximate surface area is 131 Å². The zero-order valence-electron chi connectivity index (χ0n) is 11.8. The van der Waals surface area contributed by atoms with Crippen LogP contribution in [0.4, 0.5) is 32.0 Å². The second kappa shape index (κ2) is 5.98. The quantitative estimate of drug-likeness (QED) is 0.833. The van der Waals surface area contributed by atoms with Crippen molar-refractivity contribution in [2.75, 3.05) is 4.90 Å². The minimum absolute atomic E-state index is 0.334. The zero-order chi connectivity index (χ0) is 18.3. The molecular formula is C14H10F6N2O2. The topological polar surface area (TPSA) is 64.3 Å². The van der Waals surface area contributed by atoms with Gasteiger partial charge in [0.05, 0.1) is 23.2 Å². The second-order valence-corrected chi connectivity index (χ2v) is 5.20. The summed E-state index contributed by atoms with van der Waals surface area (Å²) < 4.78 is 77.0. The fourth-order valence-corrected chi connectivity index (χ4v) is 2.57. The molecule has 24 heavy (non-hydrogen) atoms. The molecule has 1 fully saturated rings. The predicted octanol–water partition coefficient (Wildman–Crippen LogP) is 3.00. The summed E-state index contributed by atoms with van der Waals surface area (Å²) in [6.45, 7) is 0. The molecule has 1 saturated heterocycles. The van der Waals surface area contributed by atoms with Crippen LogP contribution in [0, 0.1) is 11.3 Å². The average Bonchev–Trinajstić information content (AvgIpc) is 2.85. The Bertz CT molecular complexity index is 692. The summed E-state index contributed by atoms with van der Waals surface area (Å²) in [5.74, 6) is -0.832. The van der Waals surface area contributed by atoms with Gasteiger partial charge >= 0.3 is 12.4 Å². The molecule has 1 heterocycles. The lowest BCUT2D eigenvalue weighted by atomic mass is 10.0. The van der Waals surface area contributed by atoms with Crippen LogP contribution < -0.4 is 4.90 Å². The summed E-state index contributed by atoms with van der Waals surface area (Å²) in [6.07, 6.45) is -13.5. The SMILES string of the molecule is N#Cc1ccc(N2C(=O)CC[C@H]2[C@@H](O)C(F)(F)F)cc1C(F)(F)F. The number of benzene rings is 1. The lowest BCUT2D eigenvalue weighted by Gasteiger charge is -2.30. The van der Waals surface area contributed by atoms with Crippen LogP contribution in [0.2, 0.25) is 0 Å². The van der Waals surface area contributed by atoms with E-state index in [2.05, 4.69) is 0 Å². The Morgan fingerprint density at radius 3 is 2.38 bits per heavy atom. The monoisotopic (exact) mass is 352 g/mol. The fourth-order valence-electron chi connectivity index (χ4n) is 2.57. The third-order valence-electron chi connectivity index (χ3n) is 3.66. The van der Waals surface area contributed by atoms with Crippen molar-refractivity contribution >= 4 is 11.6 Å². The van der Waals surface area contributed by atoms with Crippen molar-refractivity contribution < 1.29 is 36.2 Å². The lowest BCUT2D eigenvalue weighted by Crippen LogP contribution is -2.48. The van der Waals surface area contributed by atoms with E-state index in [9.17, 15) is 36.2 Å². The minimum atomic E-state index is -5.02. The number of carbonyl (C=O) groups excluding carboxylic acids is 1. The number of nitriles is 1. The molecule has 2 atom stereocenters. The van der Waals surface area contributed by atoms with E-state index in [1.165, 1.54) is 6.07 Å². The summed E-state index contributed by atoms with van der Waals surface area (Å²) in [6, 6.07) is 1.79. The van der Waals surface area contributed by atoms with Gasteiger partial charge in [-0.05, 0) is 24.6 Å². The van der Waals surface area contributed by atoms with Crippen molar-refractivity contribution in [1.82, 2.24) is 0 Å². The number of hydrogen-bond donors (Lipinski definition) is 1. The molecule has 1 N–H and O–H groups in total. The Kier molecular flexibility index (Phi) is 4.50. The molecule has 4 nitrogen and oxygen atoms in total. The van der Waals surface area contributed by atoms with Crippen LogP contribution in [0.3, 0.4) is 0 Å². The molecule has 0 aromatic heterocycles. The highest BCUT2D eigenvalue weighted by Crippen LogP contribution is 2.38. The fraction of sp³-hybridized carbons (Fsp3) is 0.429. The van der Waals surface area contributed by atoms with E-state index >= 15 is 0 Å². The Balaban J connectivity index is 2.49. The first-order valence-electron chi connectivity index (χ1n) is 6.65. The van der Waals surface area contributed by atoms with Crippen LogP contribution in [-0.4, -0.2) is 29.3 Å². The van der Waals surface area contributed by atoms with Crippen LogP contribution in [0.15, 0.2) is 18.2 Å². The largest absolute Gasteiger partial charge is 0.417 e. The van der Waals surface area contributed by atoms with Gasteiger partial charge < -0.3 is 10.0 Å². The van der Waals surface area contributed by atoms with E-state index in [1.54, 1.807) is 0 Å². The molecule has 1 aliphatic rings. The van der Waals surface area contributed by atoms with Gasteiger partial charge in [0, 0.05) is 12.1 Å². The minimum Gasteiger partial charge on any atom is -0.382 e. The smallest absolute Gasteiger partial charge is 0.382 e. The van der Waals surface area contributed by atoms with Crippen molar-refractivity contribution in [2.45, 2.75) is 37.3 Å². The number of aliphatic hydroxyl groups excluding tert-OH is 1. The molecule has 0 saturated carbocycles. The number of anilines is 1. The Morgan fingerprint density at radius 2 is 1.88 bits per heavy atom. The van der Waals surface area contributed by atoms with Gasteiger partial charge in [-0.2, -0.15) is 31.6 Å². The van der Waals surface area contributed by atoms with Gasteiger partial charge in [-0.1, -0.05) is 0 Å². The summed E-state index contributed by atoms with van der Waals surface area (Å²) in [7, 11) is 0. The maximum Gasteiger partial charge on any atom is 0.417 e. The van der Waals surface area contributed by atoms with Gasteiger partial charge in [0.2, 0.25) is 5.91 Å². The number of aliphatic hydroxyl groups is 1. The Morgan fingerprint density at radius 1 is 1.25 bits per heavy atom. The standard InChI is InChI=1S/C14H10F6N2O2/c15-13(16,17)9-5-8(2-1-7(9)6-21)22-10(3-4-11(22)23)12(24)14(18,19)20/h1-2,5,10,12,24H,3-4H2/t10-,12+/m0/s1. The Hall–Kier alpha value is -2.28. The third kappa shape index (κ3) is 3.31. The highest BCUT2D eigenvalue weighted by Gasteiger charge is 2.49. The molecule has 0 bridgehead atoms. The number of nitrogens with zero attached hydrogens (tertiary/aromatic N) is 2.